The number of hydrogen-bond acceptors (Lipinski definition) is 4. The van der Waals surface area contributed by atoms with Gasteiger partial charge in [0.05, 0.1) is 18.1 Å². The first kappa shape index (κ1) is 11.4. The molecule has 96 valence electrons. The van der Waals surface area contributed by atoms with E-state index < -0.39 is 0 Å². The number of hydrogen-bond donors (Lipinski definition) is 1. The molecule has 3 aromatic rings. The van der Waals surface area contributed by atoms with Crippen molar-refractivity contribution in [3.8, 4) is 11.3 Å². The van der Waals surface area contributed by atoms with Gasteiger partial charge < -0.3 is 4.98 Å². The number of aromatic amines is 1. The van der Waals surface area contributed by atoms with E-state index in [9.17, 15) is 9.59 Å². The number of nitrogens with zero attached hydrogens (tertiary/aromatic N) is 4. The molecule has 0 saturated heterocycles. The molecule has 0 bridgehead atoms. The normalized spacial score (nSPS) is 11.1. The Morgan fingerprint density at radius 3 is 2.79 bits per heavy atom. The van der Waals surface area contributed by atoms with E-state index in [-0.39, 0.29) is 11.3 Å². The molecule has 1 N–H and O–H groups in total. The molecular formula is C12H11N5O2. The van der Waals surface area contributed by atoms with Crippen molar-refractivity contribution in [3.05, 3.63) is 40.2 Å². The molecule has 7 nitrogen and oxygen atoms in total. The number of fused-ring (bicyclic) bond motifs is 1. The van der Waals surface area contributed by atoms with Gasteiger partial charge in [-0.3, -0.25) is 14.3 Å². The Labute approximate surface area is 107 Å². The van der Waals surface area contributed by atoms with Crippen LogP contribution in [0.4, 0.5) is 0 Å². The van der Waals surface area contributed by atoms with Crippen molar-refractivity contribution in [2.45, 2.75) is 6.92 Å². The Balaban J connectivity index is 2.31. The Morgan fingerprint density at radius 1 is 1.37 bits per heavy atom. The van der Waals surface area contributed by atoms with Gasteiger partial charge in [-0.1, -0.05) is 0 Å². The van der Waals surface area contributed by atoms with Gasteiger partial charge in [-0.05, 0) is 6.92 Å². The molecule has 0 unspecified atom stereocenters. The topological polar surface area (TPSA) is 85.1 Å². The summed E-state index contributed by atoms with van der Waals surface area (Å²) in [5, 5.41) is 8.14. The fraction of sp³-hybridized carbons (Fsp3) is 0.167. The van der Waals surface area contributed by atoms with Crippen LogP contribution in [0.25, 0.3) is 16.8 Å². The summed E-state index contributed by atoms with van der Waals surface area (Å²) in [5.74, 6) is 0. The van der Waals surface area contributed by atoms with Crippen molar-refractivity contribution >= 4 is 11.8 Å². The average Bonchev–Trinajstić information content (AvgIpc) is 2.93. The third kappa shape index (κ3) is 1.67. The highest BCUT2D eigenvalue weighted by molar-refractivity contribution is 5.79. The minimum absolute atomic E-state index is 0.272. The number of aryl methyl sites for hydroxylation is 2. The van der Waals surface area contributed by atoms with Crippen LogP contribution in [-0.2, 0) is 7.05 Å². The van der Waals surface area contributed by atoms with Crippen molar-refractivity contribution < 1.29 is 4.79 Å². The molecule has 3 aromatic heterocycles. The number of nitrogens with one attached hydrogen (secondary N) is 1. The first-order chi connectivity index (χ1) is 9.10. The summed E-state index contributed by atoms with van der Waals surface area (Å²) in [6.07, 6.45) is 5.75. The van der Waals surface area contributed by atoms with Gasteiger partial charge >= 0.3 is 0 Å². The molecule has 0 radical (unpaired) electrons. The molecule has 0 amide bonds. The molecule has 0 aromatic carbocycles. The number of aldehydes is 1. The monoisotopic (exact) mass is 257 g/mol. The Bertz CT molecular complexity index is 840. The van der Waals surface area contributed by atoms with E-state index in [1.165, 1.54) is 4.52 Å². The molecule has 0 fully saturated rings. The number of carbonyl (C=O) groups excluding carboxylic acids is 1. The molecule has 0 saturated carbocycles. The van der Waals surface area contributed by atoms with Gasteiger partial charge in [0.2, 0.25) is 0 Å². The van der Waals surface area contributed by atoms with Gasteiger partial charge in [0, 0.05) is 24.4 Å². The van der Waals surface area contributed by atoms with Crippen LogP contribution < -0.4 is 5.56 Å². The number of rotatable bonds is 2. The predicted octanol–water partition coefficient (Wildman–Crippen LogP) is 0.544. The maximum Gasteiger partial charge on any atom is 0.274 e. The van der Waals surface area contributed by atoms with Gasteiger partial charge in [0.15, 0.2) is 6.29 Å². The van der Waals surface area contributed by atoms with E-state index in [1.54, 1.807) is 37.2 Å². The van der Waals surface area contributed by atoms with Crippen LogP contribution in [0.5, 0.6) is 0 Å². The lowest BCUT2D eigenvalue weighted by atomic mass is 10.2. The second kappa shape index (κ2) is 3.91. The molecule has 19 heavy (non-hydrogen) atoms. The largest absolute Gasteiger partial charge is 0.319 e. The van der Waals surface area contributed by atoms with Crippen molar-refractivity contribution in [3.63, 3.8) is 0 Å². The van der Waals surface area contributed by atoms with Crippen LogP contribution in [0.1, 0.15) is 16.1 Å². The van der Waals surface area contributed by atoms with E-state index in [2.05, 4.69) is 15.2 Å². The predicted molar refractivity (Wildman–Crippen MR) is 68.1 cm³/mol. The second-order valence-corrected chi connectivity index (χ2v) is 4.32. The molecule has 3 rings (SSSR count). The Kier molecular flexibility index (Phi) is 2.34. The minimum atomic E-state index is -0.278. The number of carbonyl (C=O) groups is 1. The number of aromatic nitrogens is 5. The lowest BCUT2D eigenvalue weighted by molar-refractivity contribution is 0.111. The summed E-state index contributed by atoms with van der Waals surface area (Å²) in [6.45, 7) is 1.70. The zero-order chi connectivity index (χ0) is 13.6. The summed E-state index contributed by atoms with van der Waals surface area (Å²) < 4.78 is 3.07. The molecule has 0 aliphatic rings. The van der Waals surface area contributed by atoms with Crippen LogP contribution in [-0.4, -0.2) is 30.7 Å². The Hall–Kier alpha value is -2.70. The molecule has 3 heterocycles. The third-order valence-corrected chi connectivity index (χ3v) is 3.03. The lowest BCUT2D eigenvalue weighted by Crippen LogP contribution is -2.11. The Morgan fingerprint density at radius 2 is 2.16 bits per heavy atom. The minimum Gasteiger partial charge on any atom is -0.319 e. The highest BCUT2D eigenvalue weighted by Gasteiger charge is 2.13. The first-order valence-corrected chi connectivity index (χ1v) is 5.66. The summed E-state index contributed by atoms with van der Waals surface area (Å²) in [7, 11) is 1.79. The van der Waals surface area contributed by atoms with E-state index >= 15 is 0 Å². The van der Waals surface area contributed by atoms with Gasteiger partial charge in [0.25, 0.3) is 5.56 Å². The van der Waals surface area contributed by atoms with Crippen LogP contribution in [0.15, 0.2) is 23.4 Å². The highest BCUT2D eigenvalue weighted by atomic mass is 16.1. The standard InChI is InChI=1S/C12H11N5O2/c1-7-10(6-18)15-17-5-9(14-12(19)11(7)17)8-3-13-16(2)4-8/h3-6H,1-2H3,(H,14,19). The van der Waals surface area contributed by atoms with Crippen LogP contribution in [0, 0.1) is 6.92 Å². The molecule has 0 atom stereocenters. The van der Waals surface area contributed by atoms with E-state index in [4.69, 9.17) is 0 Å². The summed E-state index contributed by atoms with van der Waals surface area (Å²) in [4.78, 5) is 25.7. The highest BCUT2D eigenvalue weighted by Crippen LogP contribution is 2.16. The molecule has 0 spiro atoms. The zero-order valence-corrected chi connectivity index (χ0v) is 10.4. The molecule has 0 aliphatic carbocycles. The van der Waals surface area contributed by atoms with Gasteiger partial charge in [-0.2, -0.15) is 10.2 Å². The lowest BCUT2D eigenvalue weighted by Gasteiger charge is -1.99. The maximum absolute atomic E-state index is 12.1. The molecule has 0 aliphatic heterocycles. The van der Waals surface area contributed by atoms with Gasteiger partial charge in [-0.25, -0.2) is 4.52 Å². The average molecular weight is 257 g/mol. The fourth-order valence-corrected chi connectivity index (χ4v) is 2.06. The van der Waals surface area contributed by atoms with E-state index in [1.807, 2.05) is 0 Å². The third-order valence-electron chi connectivity index (χ3n) is 3.03. The first-order valence-electron chi connectivity index (χ1n) is 5.66. The maximum atomic E-state index is 12.1. The SMILES string of the molecule is Cc1c(C=O)nn2cc(-c3cnn(C)c3)[nH]c(=O)c12. The van der Waals surface area contributed by atoms with Crippen LogP contribution in [0.3, 0.4) is 0 Å². The summed E-state index contributed by atoms with van der Waals surface area (Å²) in [6, 6.07) is 0. The second-order valence-electron chi connectivity index (χ2n) is 4.32. The van der Waals surface area contributed by atoms with Crippen molar-refractivity contribution in [2.75, 3.05) is 0 Å². The fourth-order valence-electron chi connectivity index (χ4n) is 2.06. The zero-order valence-electron chi connectivity index (χ0n) is 10.4. The van der Waals surface area contributed by atoms with Crippen molar-refractivity contribution in [2.24, 2.45) is 7.05 Å². The summed E-state index contributed by atoms with van der Waals surface area (Å²) in [5.41, 5.74) is 2.34. The quantitative estimate of drug-likeness (QED) is 0.679. The van der Waals surface area contributed by atoms with Crippen LogP contribution >= 0.6 is 0 Å². The molecule has 7 heteroatoms. The van der Waals surface area contributed by atoms with Crippen LogP contribution in [0.2, 0.25) is 0 Å². The van der Waals surface area contributed by atoms with Crippen molar-refractivity contribution in [1.82, 2.24) is 24.4 Å². The molecular weight excluding hydrogens is 246 g/mol. The summed E-state index contributed by atoms with van der Waals surface area (Å²) >= 11 is 0. The van der Waals surface area contributed by atoms with E-state index in [0.717, 1.165) is 5.56 Å². The van der Waals surface area contributed by atoms with E-state index in [0.29, 0.717) is 23.1 Å². The van der Waals surface area contributed by atoms with Gasteiger partial charge in [0.1, 0.15) is 11.2 Å². The van der Waals surface area contributed by atoms with Crippen molar-refractivity contribution in [1.29, 1.82) is 0 Å². The smallest absolute Gasteiger partial charge is 0.274 e. The number of H-pyrrole nitrogens is 1. The van der Waals surface area contributed by atoms with Gasteiger partial charge in [-0.15, -0.1) is 0 Å².